The number of rotatable bonds is 7. The molecule has 1 amide bonds. The smallest absolute Gasteiger partial charge is 0.262 e. The zero-order chi connectivity index (χ0) is 19.4. The Kier molecular flexibility index (Phi) is 7.74. The minimum absolute atomic E-state index is 0. The van der Waals surface area contributed by atoms with Crippen LogP contribution in [0.25, 0.3) is 10.2 Å². The average molecular weight is 421 g/mol. The van der Waals surface area contributed by atoms with Gasteiger partial charge in [-0.1, -0.05) is 38.1 Å². The van der Waals surface area contributed by atoms with Gasteiger partial charge in [-0.15, -0.1) is 23.7 Å². The summed E-state index contributed by atoms with van der Waals surface area (Å²) in [5.41, 5.74) is 8.31. The predicted molar refractivity (Wildman–Crippen MR) is 116 cm³/mol. The van der Waals surface area contributed by atoms with Gasteiger partial charge in [0.1, 0.15) is 4.83 Å². The molecule has 1 atom stereocenters. The molecular formula is C20H25ClN4O2S. The Balaban J connectivity index is 0.00000280. The molecule has 150 valence electrons. The molecular weight excluding hydrogens is 396 g/mol. The van der Waals surface area contributed by atoms with Crippen molar-refractivity contribution in [2.45, 2.75) is 38.8 Å². The summed E-state index contributed by atoms with van der Waals surface area (Å²) in [6, 6.07) is 9.65. The predicted octanol–water partition coefficient (Wildman–Crippen LogP) is 3.21. The molecule has 28 heavy (non-hydrogen) atoms. The Labute approximate surface area is 174 Å². The van der Waals surface area contributed by atoms with Gasteiger partial charge in [0, 0.05) is 25.6 Å². The third-order valence-electron chi connectivity index (χ3n) is 4.58. The van der Waals surface area contributed by atoms with E-state index in [-0.39, 0.29) is 36.3 Å². The van der Waals surface area contributed by atoms with E-state index in [2.05, 4.69) is 36.3 Å². The maximum absolute atomic E-state index is 12.3. The van der Waals surface area contributed by atoms with E-state index in [1.807, 2.05) is 17.5 Å². The van der Waals surface area contributed by atoms with Crippen LogP contribution in [-0.4, -0.2) is 22.0 Å². The van der Waals surface area contributed by atoms with Crippen LogP contribution in [0.15, 0.2) is 46.8 Å². The van der Waals surface area contributed by atoms with E-state index in [9.17, 15) is 9.59 Å². The van der Waals surface area contributed by atoms with E-state index in [4.69, 9.17) is 5.73 Å². The van der Waals surface area contributed by atoms with Crippen molar-refractivity contribution in [3.63, 3.8) is 0 Å². The Morgan fingerprint density at radius 1 is 1.21 bits per heavy atom. The fourth-order valence-corrected chi connectivity index (χ4v) is 3.56. The number of benzene rings is 1. The lowest BCUT2D eigenvalue weighted by atomic mass is 9.99. The molecule has 0 saturated carbocycles. The Bertz CT molecular complexity index is 982. The number of nitrogens with two attached hydrogens (primary N) is 1. The van der Waals surface area contributed by atoms with E-state index in [0.29, 0.717) is 24.4 Å². The number of hydrogen-bond acceptors (Lipinski definition) is 5. The van der Waals surface area contributed by atoms with Crippen LogP contribution in [0.5, 0.6) is 0 Å². The number of fused-ring (bicyclic) bond motifs is 1. The van der Waals surface area contributed by atoms with Crippen molar-refractivity contribution in [2.24, 2.45) is 5.73 Å². The first-order valence-corrected chi connectivity index (χ1v) is 9.88. The first kappa shape index (κ1) is 22.1. The van der Waals surface area contributed by atoms with Gasteiger partial charge < -0.3 is 11.1 Å². The van der Waals surface area contributed by atoms with Crippen LogP contribution in [-0.2, 0) is 11.3 Å². The van der Waals surface area contributed by atoms with E-state index in [1.54, 1.807) is 6.07 Å². The molecule has 8 heteroatoms. The molecule has 0 spiro atoms. The van der Waals surface area contributed by atoms with Gasteiger partial charge in [0.25, 0.3) is 5.56 Å². The maximum atomic E-state index is 12.3. The molecule has 3 aromatic rings. The van der Waals surface area contributed by atoms with E-state index < -0.39 is 0 Å². The highest BCUT2D eigenvalue weighted by Crippen LogP contribution is 2.17. The minimum atomic E-state index is -0.262. The van der Waals surface area contributed by atoms with Gasteiger partial charge in [-0.3, -0.25) is 14.2 Å². The summed E-state index contributed by atoms with van der Waals surface area (Å²) in [6.07, 6.45) is 1.70. The lowest BCUT2D eigenvalue weighted by molar-refractivity contribution is -0.121. The van der Waals surface area contributed by atoms with Gasteiger partial charge in [-0.2, -0.15) is 0 Å². The first-order chi connectivity index (χ1) is 13.0. The summed E-state index contributed by atoms with van der Waals surface area (Å²) in [6.45, 7) is 4.94. The van der Waals surface area contributed by atoms with Crippen molar-refractivity contribution in [3.05, 3.63) is 63.5 Å². The third-order valence-corrected chi connectivity index (χ3v) is 5.40. The summed E-state index contributed by atoms with van der Waals surface area (Å²) < 4.78 is 1.47. The highest BCUT2D eigenvalue weighted by atomic mass is 35.5. The number of nitrogens with one attached hydrogen (secondary N) is 1. The molecule has 0 saturated heterocycles. The summed E-state index contributed by atoms with van der Waals surface area (Å²) in [5.74, 6) is 0.336. The fraction of sp³-hybridized carbons (Fsp3) is 0.350. The average Bonchev–Trinajstić information content (AvgIpc) is 3.15. The molecule has 0 aliphatic rings. The van der Waals surface area contributed by atoms with Crippen LogP contribution in [0.2, 0.25) is 0 Å². The molecule has 1 aromatic carbocycles. The Morgan fingerprint density at radius 2 is 1.89 bits per heavy atom. The number of nitrogens with zero attached hydrogens (tertiary/aromatic N) is 2. The lowest BCUT2D eigenvalue weighted by Crippen LogP contribution is -2.33. The molecule has 1 unspecified atom stereocenters. The standard InChI is InChI=1S/C20H24N4O2S.ClH/c1-13(2)14-3-5-15(6-4-14)17(21)11-22-18(25)7-9-24-12-23-19-16(20(24)26)8-10-27-19;/h3-6,8,10,12-13,17H,7,9,11,21H2,1-2H3,(H,22,25);1H. The van der Waals surface area contributed by atoms with Crippen molar-refractivity contribution >= 4 is 39.9 Å². The van der Waals surface area contributed by atoms with Crippen LogP contribution < -0.4 is 16.6 Å². The zero-order valence-electron chi connectivity index (χ0n) is 15.9. The second kappa shape index (κ2) is 9.82. The second-order valence-corrected chi connectivity index (χ2v) is 7.76. The Hall–Kier alpha value is -2.22. The van der Waals surface area contributed by atoms with E-state index >= 15 is 0 Å². The summed E-state index contributed by atoms with van der Waals surface area (Å²) in [7, 11) is 0. The quantitative estimate of drug-likeness (QED) is 0.614. The third kappa shape index (κ3) is 5.19. The number of halogens is 1. The van der Waals surface area contributed by atoms with E-state index in [0.717, 1.165) is 10.4 Å². The molecule has 6 nitrogen and oxygen atoms in total. The van der Waals surface area contributed by atoms with Crippen LogP contribution in [0.1, 0.15) is 43.4 Å². The highest BCUT2D eigenvalue weighted by Gasteiger charge is 2.10. The molecule has 0 aliphatic heterocycles. The van der Waals surface area contributed by atoms with Gasteiger partial charge >= 0.3 is 0 Å². The molecule has 0 aliphatic carbocycles. The van der Waals surface area contributed by atoms with Crippen molar-refractivity contribution in [3.8, 4) is 0 Å². The largest absolute Gasteiger partial charge is 0.354 e. The van der Waals surface area contributed by atoms with E-state index in [1.165, 1.54) is 27.8 Å². The Morgan fingerprint density at radius 3 is 2.57 bits per heavy atom. The van der Waals surface area contributed by atoms with Crippen molar-refractivity contribution in [1.82, 2.24) is 14.9 Å². The number of aromatic nitrogens is 2. The molecule has 0 fully saturated rings. The number of hydrogen-bond donors (Lipinski definition) is 2. The van der Waals surface area contributed by atoms with Crippen molar-refractivity contribution < 1.29 is 4.79 Å². The normalized spacial score (nSPS) is 12.0. The minimum Gasteiger partial charge on any atom is -0.354 e. The van der Waals surface area contributed by atoms with Gasteiger partial charge in [0.05, 0.1) is 11.7 Å². The number of carbonyl (C=O) groups excluding carboxylic acids is 1. The zero-order valence-corrected chi connectivity index (χ0v) is 17.6. The first-order valence-electron chi connectivity index (χ1n) is 9.00. The number of aryl methyl sites for hydroxylation is 1. The summed E-state index contributed by atoms with van der Waals surface area (Å²) in [4.78, 5) is 29.4. The molecule has 3 N–H and O–H groups in total. The summed E-state index contributed by atoms with van der Waals surface area (Å²) >= 11 is 1.43. The van der Waals surface area contributed by atoms with Gasteiger partial charge in [-0.05, 0) is 28.5 Å². The SMILES string of the molecule is CC(C)c1ccc(C(N)CNC(=O)CCn2cnc3sccc3c2=O)cc1.Cl. The monoisotopic (exact) mass is 420 g/mol. The second-order valence-electron chi connectivity index (χ2n) is 6.86. The number of carbonyl (C=O) groups is 1. The van der Waals surface area contributed by atoms with Crippen LogP contribution >= 0.6 is 23.7 Å². The molecule has 0 bridgehead atoms. The lowest BCUT2D eigenvalue weighted by Gasteiger charge is -2.15. The van der Waals surface area contributed by atoms with Gasteiger partial charge in [0.2, 0.25) is 5.91 Å². The molecule has 0 radical (unpaired) electrons. The van der Waals surface area contributed by atoms with Crippen LogP contribution in [0.4, 0.5) is 0 Å². The van der Waals surface area contributed by atoms with Crippen molar-refractivity contribution in [2.75, 3.05) is 6.54 Å². The van der Waals surface area contributed by atoms with Gasteiger partial charge in [0.15, 0.2) is 0 Å². The van der Waals surface area contributed by atoms with Crippen LogP contribution in [0.3, 0.4) is 0 Å². The van der Waals surface area contributed by atoms with Crippen molar-refractivity contribution in [1.29, 1.82) is 0 Å². The molecule has 2 heterocycles. The number of thiophene rings is 1. The summed E-state index contributed by atoms with van der Waals surface area (Å²) in [5, 5.41) is 5.27. The highest BCUT2D eigenvalue weighted by molar-refractivity contribution is 7.16. The number of amides is 1. The maximum Gasteiger partial charge on any atom is 0.262 e. The molecule has 3 rings (SSSR count). The van der Waals surface area contributed by atoms with Gasteiger partial charge in [-0.25, -0.2) is 4.98 Å². The topological polar surface area (TPSA) is 90.0 Å². The van der Waals surface area contributed by atoms with Crippen LogP contribution in [0, 0.1) is 0 Å². The fourth-order valence-electron chi connectivity index (χ4n) is 2.83. The molecule has 2 aromatic heterocycles.